The molecule has 0 aromatic carbocycles. The van der Waals surface area contributed by atoms with Gasteiger partial charge in [-0.05, 0) is 25.7 Å². The van der Waals surface area contributed by atoms with Crippen molar-refractivity contribution in [2.24, 2.45) is 10.7 Å². The van der Waals surface area contributed by atoms with Crippen LogP contribution in [0.3, 0.4) is 0 Å². The summed E-state index contributed by atoms with van der Waals surface area (Å²) in [4.78, 5) is 4.52. The first-order chi connectivity index (χ1) is 6.83. The summed E-state index contributed by atoms with van der Waals surface area (Å²) < 4.78 is 0. The van der Waals surface area contributed by atoms with Crippen molar-refractivity contribution in [2.45, 2.75) is 57.9 Å². The van der Waals surface area contributed by atoms with Crippen molar-refractivity contribution in [1.29, 1.82) is 0 Å². The van der Waals surface area contributed by atoms with E-state index in [0.29, 0.717) is 6.04 Å². The molecule has 1 rings (SSSR count). The van der Waals surface area contributed by atoms with Crippen molar-refractivity contribution in [2.75, 3.05) is 0 Å². The lowest BCUT2D eigenvalue weighted by Crippen LogP contribution is -2.13. The van der Waals surface area contributed by atoms with E-state index in [1.807, 2.05) is 0 Å². The van der Waals surface area contributed by atoms with Gasteiger partial charge in [0.25, 0.3) is 0 Å². The summed E-state index contributed by atoms with van der Waals surface area (Å²) in [7, 11) is 0. The Morgan fingerprint density at radius 3 is 3.07 bits per heavy atom. The first kappa shape index (κ1) is 11.3. The fourth-order valence-electron chi connectivity index (χ4n) is 1.76. The molecule has 0 radical (unpaired) electrons. The number of hydrogen-bond acceptors (Lipinski definition) is 2. The molecule has 14 heavy (non-hydrogen) atoms. The Hall–Kier alpha value is -0.790. The molecule has 1 atom stereocenters. The third kappa shape index (κ3) is 4.45. The number of amidine groups is 1. The van der Waals surface area contributed by atoms with Gasteiger partial charge in [-0.15, -0.1) is 0 Å². The second-order valence-corrected chi connectivity index (χ2v) is 4.02. The number of nitrogens with two attached hydrogens (primary N) is 1. The van der Waals surface area contributed by atoms with Crippen LogP contribution in [0, 0.1) is 0 Å². The summed E-state index contributed by atoms with van der Waals surface area (Å²) in [5.41, 5.74) is 5.78. The van der Waals surface area contributed by atoms with Crippen molar-refractivity contribution >= 4 is 5.84 Å². The van der Waals surface area contributed by atoms with Crippen LogP contribution in [-0.4, -0.2) is 11.9 Å². The van der Waals surface area contributed by atoms with E-state index in [9.17, 15) is 0 Å². The number of aliphatic imine (C=N–C) groups is 1. The van der Waals surface area contributed by atoms with E-state index in [-0.39, 0.29) is 0 Å². The lowest BCUT2D eigenvalue weighted by Gasteiger charge is -2.06. The van der Waals surface area contributed by atoms with Crippen LogP contribution in [0.25, 0.3) is 0 Å². The van der Waals surface area contributed by atoms with Gasteiger partial charge in [-0.2, -0.15) is 0 Å². The predicted molar refractivity (Wildman–Crippen MR) is 62.5 cm³/mol. The fraction of sp³-hybridized carbons (Fsp3) is 0.750. The normalized spacial score (nSPS) is 23.5. The lowest BCUT2D eigenvalue weighted by molar-refractivity contribution is 0.595. The molecule has 0 saturated carbocycles. The maximum Gasteiger partial charge on any atom is 0.0940 e. The first-order valence-electron chi connectivity index (χ1n) is 5.80. The molecule has 1 aliphatic rings. The minimum Gasteiger partial charge on any atom is -0.387 e. The molecule has 2 nitrogen and oxygen atoms in total. The fourth-order valence-corrected chi connectivity index (χ4v) is 1.76. The molecule has 0 bridgehead atoms. The Bertz CT molecular complexity index is 206. The van der Waals surface area contributed by atoms with E-state index >= 15 is 0 Å². The Morgan fingerprint density at radius 2 is 2.29 bits per heavy atom. The van der Waals surface area contributed by atoms with Crippen molar-refractivity contribution < 1.29 is 0 Å². The molecule has 2 N–H and O–H groups in total. The van der Waals surface area contributed by atoms with E-state index in [1.165, 1.54) is 32.1 Å². The van der Waals surface area contributed by atoms with E-state index in [0.717, 1.165) is 18.7 Å². The summed E-state index contributed by atoms with van der Waals surface area (Å²) in [5.74, 6) is 0.858. The van der Waals surface area contributed by atoms with Gasteiger partial charge >= 0.3 is 0 Å². The highest BCUT2D eigenvalue weighted by molar-refractivity contribution is 5.80. The van der Waals surface area contributed by atoms with E-state index < -0.39 is 0 Å². The number of hydrogen-bond donors (Lipinski definition) is 1. The molecule has 1 unspecified atom stereocenters. The van der Waals surface area contributed by atoms with Crippen LogP contribution in [0.5, 0.6) is 0 Å². The van der Waals surface area contributed by atoms with Crippen molar-refractivity contribution in [1.82, 2.24) is 0 Å². The maximum absolute atomic E-state index is 5.78. The SMILES string of the molecule is CCC/C=C\CC1CCCCC(N)=N1. The summed E-state index contributed by atoms with van der Waals surface area (Å²) >= 11 is 0. The zero-order chi connectivity index (χ0) is 10.2. The average molecular weight is 194 g/mol. The van der Waals surface area contributed by atoms with Gasteiger partial charge in [-0.25, -0.2) is 0 Å². The smallest absolute Gasteiger partial charge is 0.0940 e. The monoisotopic (exact) mass is 194 g/mol. The van der Waals surface area contributed by atoms with Crippen LogP contribution >= 0.6 is 0 Å². The average Bonchev–Trinajstić information content (AvgIpc) is 2.38. The number of allylic oxidation sites excluding steroid dienone is 1. The standard InChI is InChI=1S/C12H22N2/c1-2-3-4-5-8-11-9-6-7-10-12(13)14-11/h4-5,11H,2-3,6-10H2,1H3,(H2,13,14)/b5-4-. The van der Waals surface area contributed by atoms with Gasteiger partial charge < -0.3 is 5.73 Å². The molecule has 2 heteroatoms. The molecule has 0 aromatic rings. The molecule has 1 heterocycles. The van der Waals surface area contributed by atoms with Crippen molar-refractivity contribution in [3.8, 4) is 0 Å². The zero-order valence-electron chi connectivity index (χ0n) is 9.21. The zero-order valence-corrected chi connectivity index (χ0v) is 9.21. The van der Waals surface area contributed by atoms with Gasteiger partial charge in [0.05, 0.1) is 11.9 Å². The molecule has 0 amide bonds. The largest absolute Gasteiger partial charge is 0.387 e. The van der Waals surface area contributed by atoms with E-state index in [4.69, 9.17) is 5.73 Å². The quantitative estimate of drug-likeness (QED) is 0.686. The molecule has 0 spiro atoms. The van der Waals surface area contributed by atoms with Gasteiger partial charge in [-0.1, -0.05) is 31.9 Å². The maximum atomic E-state index is 5.78. The summed E-state index contributed by atoms with van der Waals surface area (Å²) in [6, 6.07) is 0.450. The highest BCUT2D eigenvalue weighted by Crippen LogP contribution is 2.15. The van der Waals surface area contributed by atoms with Crippen LogP contribution in [0.15, 0.2) is 17.1 Å². The molecule has 80 valence electrons. The third-order valence-electron chi connectivity index (χ3n) is 2.60. The molecular weight excluding hydrogens is 172 g/mol. The van der Waals surface area contributed by atoms with E-state index in [1.54, 1.807) is 0 Å². The summed E-state index contributed by atoms with van der Waals surface area (Å²) in [6.07, 6.45) is 12.7. The Morgan fingerprint density at radius 1 is 1.43 bits per heavy atom. The van der Waals surface area contributed by atoms with Crippen LogP contribution < -0.4 is 5.73 Å². The second kappa shape index (κ2) is 6.63. The van der Waals surface area contributed by atoms with Crippen LogP contribution in [0.2, 0.25) is 0 Å². The highest BCUT2D eigenvalue weighted by Gasteiger charge is 2.09. The van der Waals surface area contributed by atoms with Gasteiger partial charge in [0.2, 0.25) is 0 Å². The molecule has 0 saturated heterocycles. The van der Waals surface area contributed by atoms with Crippen LogP contribution in [0.1, 0.15) is 51.9 Å². The van der Waals surface area contributed by atoms with Crippen molar-refractivity contribution in [3.05, 3.63) is 12.2 Å². The predicted octanol–water partition coefficient (Wildman–Crippen LogP) is 3.03. The number of rotatable bonds is 4. The van der Waals surface area contributed by atoms with Gasteiger partial charge in [0, 0.05) is 6.42 Å². The topological polar surface area (TPSA) is 38.4 Å². The van der Waals surface area contributed by atoms with Gasteiger partial charge in [-0.3, -0.25) is 4.99 Å². The Kier molecular flexibility index (Phi) is 5.35. The molecule has 0 fully saturated rings. The molecule has 1 aliphatic heterocycles. The number of nitrogens with zero attached hydrogens (tertiary/aromatic N) is 1. The molecular formula is C12H22N2. The second-order valence-electron chi connectivity index (χ2n) is 4.02. The first-order valence-corrected chi connectivity index (χ1v) is 5.80. The highest BCUT2D eigenvalue weighted by atomic mass is 14.9. The Labute approximate surface area is 87.3 Å². The molecule has 0 aromatic heterocycles. The molecule has 0 aliphatic carbocycles. The number of unbranched alkanes of at least 4 members (excludes halogenated alkanes) is 1. The van der Waals surface area contributed by atoms with Crippen molar-refractivity contribution in [3.63, 3.8) is 0 Å². The third-order valence-corrected chi connectivity index (χ3v) is 2.60. The Balaban J connectivity index is 2.31. The van der Waals surface area contributed by atoms with Gasteiger partial charge in [0.15, 0.2) is 0 Å². The summed E-state index contributed by atoms with van der Waals surface area (Å²) in [6.45, 7) is 2.20. The minimum absolute atomic E-state index is 0.450. The van der Waals surface area contributed by atoms with Crippen LogP contribution in [0.4, 0.5) is 0 Å². The van der Waals surface area contributed by atoms with Crippen LogP contribution in [-0.2, 0) is 0 Å². The summed E-state index contributed by atoms with van der Waals surface area (Å²) in [5, 5.41) is 0. The minimum atomic E-state index is 0.450. The van der Waals surface area contributed by atoms with Gasteiger partial charge in [0.1, 0.15) is 0 Å². The lowest BCUT2D eigenvalue weighted by atomic mass is 10.1. The van der Waals surface area contributed by atoms with E-state index in [2.05, 4.69) is 24.1 Å².